The van der Waals surface area contributed by atoms with Gasteiger partial charge in [-0.2, -0.15) is 0 Å². The van der Waals surface area contributed by atoms with Gasteiger partial charge < -0.3 is 44.1 Å². The fraction of sp³-hybridized carbons (Fsp3) is 0.938. The van der Waals surface area contributed by atoms with Gasteiger partial charge in [0.15, 0.2) is 18.4 Å². The smallest absolute Gasteiger partial charge is 0.186 e. The van der Waals surface area contributed by atoms with Gasteiger partial charge in [-0.1, -0.05) is 6.92 Å². The highest BCUT2D eigenvalue weighted by molar-refractivity contribution is 5.81. The van der Waals surface area contributed by atoms with Crippen molar-refractivity contribution in [3.8, 4) is 0 Å². The van der Waals surface area contributed by atoms with Gasteiger partial charge in [0.25, 0.3) is 0 Å². The molecule has 152 valence electrons. The van der Waals surface area contributed by atoms with Gasteiger partial charge >= 0.3 is 0 Å². The van der Waals surface area contributed by atoms with Crippen LogP contribution < -0.4 is 0 Å². The van der Waals surface area contributed by atoms with Crippen molar-refractivity contribution in [1.29, 1.82) is 0 Å². The second kappa shape index (κ2) is 9.00. The summed E-state index contributed by atoms with van der Waals surface area (Å²) in [7, 11) is 2.69. The summed E-state index contributed by atoms with van der Waals surface area (Å²) in [6.45, 7) is 2.49. The van der Waals surface area contributed by atoms with E-state index < -0.39 is 73.6 Å². The van der Waals surface area contributed by atoms with Crippen LogP contribution >= 0.6 is 0 Å². The van der Waals surface area contributed by atoms with Crippen LogP contribution in [0, 0.1) is 5.92 Å². The third-order valence-electron chi connectivity index (χ3n) is 4.89. The van der Waals surface area contributed by atoms with Crippen LogP contribution in [0.5, 0.6) is 0 Å². The van der Waals surface area contributed by atoms with Crippen LogP contribution in [-0.4, -0.2) is 102 Å². The number of ether oxygens (including phenoxy) is 5. The van der Waals surface area contributed by atoms with E-state index in [0.717, 1.165) is 0 Å². The molecule has 2 aliphatic heterocycles. The van der Waals surface area contributed by atoms with Gasteiger partial charge in [-0.25, -0.2) is 0 Å². The summed E-state index contributed by atoms with van der Waals surface area (Å²) in [6.07, 6.45) is -10.2. The average Bonchev–Trinajstić information content (AvgIpc) is 2.61. The Kier molecular flexibility index (Phi) is 7.48. The van der Waals surface area contributed by atoms with Gasteiger partial charge in [-0.15, -0.1) is 0 Å². The lowest BCUT2D eigenvalue weighted by atomic mass is 9.91. The molecule has 26 heavy (non-hydrogen) atoms. The molecule has 0 radical (unpaired) electrons. The summed E-state index contributed by atoms with van der Waals surface area (Å²) in [4.78, 5) is 11.9. The zero-order valence-electron chi connectivity index (χ0n) is 15.2. The molecule has 0 bridgehead atoms. The van der Waals surface area contributed by atoms with Gasteiger partial charge in [0.1, 0.15) is 36.6 Å². The Labute approximate surface area is 151 Å². The summed E-state index contributed by atoms with van der Waals surface area (Å²) in [5.41, 5.74) is 0. The molecule has 0 aromatic rings. The number of hydrogen-bond donors (Lipinski definition) is 4. The van der Waals surface area contributed by atoms with E-state index >= 15 is 0 Å². The molecule has 4 N–H and O–H groups in total. The van der Waals surface area contributed by atoms with E-state index in [-0.39, 0.29) is 0 Å². The van der Waals surface area contributed by atoms with Crippen molar-refractivity contribution in [1.82, 2.24) is 0 Å². The summed E-state index contributed by atoms with van der Waals surface area (Å²) in [5.74, 6) is -0.914. The largest absolute Gasteiger partial charge is 0.394 e. The molecule has 10 atom stereocenters. The standard InChI is InChI=1S/C16H28O10/c1-6-12(22-3)9(19)8(5-17)24-15(6)26-14-10(20)11(21)16(23-4)25-13(14)7(2)18/h6,8-17,19-21H,5H2,1-4H3/t6?,8?,9?,10?,11?,12-,13?,14+,15+,16?/m1/s1. The SMILES string of the molecule is COC1OC(C(C)=O)[C@@H](O[C@@H]2OC(CO)C(O)[C@H](OC)C2C)C(O)C1O. The predicted octanol–water partition coefficient (Wildman–Crippen LogP) is -2.22. The molecule has 0 saturated carbocycles. The van der Waals surface area contributed by atoms with Crippen molar-refractivity contribution in [2.45, 2.75) is 69.2 Å². The quantitative estimate of drug-likeness (QED) is 0.400. The second-order valence-electron chi connectivity index (χ2n) is 6.63. The first-order valence-corrected chi connectivity index (χ1v) is 8.44. The number of carbonyl (C=O) groups excluding carboxylic acids is 1. The van der Waals surface area contributed by atoms with Crippen LogP contribution in [0.25, 0.3) is 0 Å². The van der Waals surface area contributed by atoms with Crippen LogP contribution in [0.15, 0.2) is 0 Å². The third-order valence-corrected chi connectivity index (χ3v) is 4.89. The van der Waals surface area contributed by atoms with E-state index in [1.54, 1.807) is 6.92 Å². The lowest BCUT2D eigenvalue weighted by molar-refractivity contribution is -0.343. The maximum absolute atomic E-state index is 11.9. The Morgan fingerprint density at radius 3 is 2.12 bits per heavy atom. The van der Waals surface area contributed by atoms with E-state index in [0.29, 0.717) is 0 Å². The van der Waals surface area contributed by atoms with Crippen molar-refractivity contribution >= 4 is 5.78 Å². The predicted molar refractivity (Wildman–Crippen MR) is 85.0 cm³/mol. The normalized spacial score (nSPS) is 46.9. The number of rotatable bonds is 6. The monoisotopic (exact) mass is 380 g/mol. The first-order valence-electron chi connectivity index (χ1n) is 8.44. The van der Waals surface area contributed by atoms with Crippen molar-refractivity contribution in [2.24, 2.45) is 5.92 Å². The highest BCUT2D eigenvalue weighted by Crippen LogP contribution is 2.33. The van der Waals surface area contributed by atoms with Gasteiger partial charge in [-0.3, -0.25) is 4.79 Å². The highest BCUT2D eigenvalue weighted by Gasteiger charge is 2.51. The Morgan fingerprint density at radius 2 is 1.62 bits per heavy atom. The maximum Gasteiger partial charge on any atom is 0.186 e. The molecule has 10 heteroatoms. The molecular weight excluding hydrogens is 352 g/mol. The van der Waals surface area contributed by atoms with Crippen LogP contribution in [0.1, 0.15) is 13.8 Å². The summed E-state index contributed by atoms with van der Waals surface area (Å²) in [6, 6.07) is 0. The lowest BCUT2D eigenvalue weighted by Crippen LogP contribution is -2.63. The lowest BCUT2D eigenvalue weighted by Gasteiger charge is -2.46. The molecule has 0 aromatic carbocycles. The molecule has 2 fully saturated rings. The van der Waals surface area contributed by atoms with E-state index in [1.807, 2.05) is 0 Å². The molecule has 2 saturated heterocycles. The van der Waals surface area contributed by atoms with Gasteiger partial charge in [-0.05, 0) is 6.92 Å². The summed E-state index contributed by atoms with van der Waals surface area (Å²) in [5, 5.41) is 40.1. The Morgan fingerprint density at radius 1 is 0.962 bits per heavy atom. The number of Topliss-reactive ketones (excluding diaryl/α,β-unsaturated/α-hetero) is 1. The number of hydrogen-bond acceptors (Lipinski definition) is 10. The minimum absolute atomic E-state index is 0.423. The minimum atomic E-state index is -1.47. The number of aliphatic hydroxyl groups excluding tert-OH is 4. The molecule has 0 amide bonds. The van der Waals surface area contributed by atoms with Crippen LogP contribution in [-0.2, 0) is 28.5 Å². The summed E-state index contributed by atoms with van der Waals surface area (Å²) >= 11 is 0. The molecule has 7 unspecified atom stereocenters. The molecule has 0 aromatic heterocycles. The summed E-state index contributed by atoms with van der Waals surface area (Å²) < 4.78 is 27.0. The Bertz CT molecular complexity index is 474. The number of aliphatic hydroxyl groups is 4. The van der Waals surface area contributed by atoms with Gasteiger partial charge in [0, 0.05) is 20.1 Å². The third kappa shape index (κ3) is 4.08. The topological polar surface area (TPSA) is 144 Å². The van der Waals surface area contributed by atoms with Crippen LogP contribution in [0.2, 0.25) is 0 Å². The van der Waals surface area contributed by atoms with Crippen LogP contribution in [0.3, 0.4) is 0 Å². The molecule has 2 heterocycles. The van der Waals surface area contributed by atoms with Crippen molar-refractivity contribution in [2.75, 3.05) is 20.8 Å². The molecule has 0 spiro atoms. The highest BCUT2D eigenvalue weighted by atomic mass is 16.7. The zero-order valence-corrected chi connectivity index (χ0v) is 15.2. The van der Waals surface area contributed by atoms with Crippen molar-refractivity contribution < 1.29 is 48.9 Å². The average molecular weight is 380 g/mol. The molecule has 2 rings (SSSR count). The van der Waals surface area contributed by atoms with E-state index in [4.69, 9.17) is 23.7 Å². The van der Waals surface area contributed by atoms with E-state index in [1.165, 1.54) is 21.1 Å². The molecule has 2 aliphatic rings. The minimum Gasteiger partial charge on any atom is -0.394 e. The second-order valence-corrected chi connectivity index (χ2v) is 6.63. The van der Waals surface area contributed by atoms with E-state index in [2.05, 4.69) is 0 Å². The number of ketones is 1. The van der Waals surface area contributed by atoms with E-state index in [9.17, 15) is 25.2 Å². The fourth-order valence-corrected chi connectivity index (χ4v) is 3.38. The number of methoxy groups -OCH3 is 2. The van der Waals surface area contributed by atoms with Crippen molar-refractivity contribution in [3.05, 3.63) is 0 Å². The first-order chi connectivity index (χ1) is 12.3. The van der Waals surface area contributed by atoms with Crippen molar-refractivity contribution in [3.63, 3.8) is 0 Å². The first kappa shape index (κ1) is 21.6. The Balaban J connectivity index is 2.21. The van der Waals surface area contributed by atoms with Gasteiger partial charge in [0.05, 0.1) is 12.7 Å². The van der Waals surface area contributed by atoms with Crippen LogP contribution in [0.4, 0.5) is 0 Å². The molecular formula is C16H28O10. The zero-order chi connectivity index (χ0) is 19.6. The maximum atomic E-state index is 11.9. The molecule has 0 aliphatic carbocycles. The fourth-order valence-electron chi connectivity index (χ4n) is 3.38. The van der Waals surface area contributed by atoms with Gasteiger partial charge in [0.2, 0.25) is 0 Å². The Hall–Kier alpha value is -0.690. The number of carbonyl (C=O) groups is 1. The molecule has 10 nitrogen and oxygen atoms in total.